The molecule has 5 nitrogen and oxygen atoms in total. The summed E-state index contributed by atoms with van der Waals surface area (Å²) in [5.41, 5.74) is 6.53. The summed E-state index contributed by atoms with van der Waals surface area (Å²) < 4.78 is 7.77. The van der Waals surface area contributed by atoms with Crippen LogP contribution in [0.3, 0.4) is 0 Å². The first-order valence-electron chi connectivity index (χ1n) is 9.27. The smallest absolute Gasteiger partial charge is 0.263 e. The van der Waals surface area contributed by atoms with Crippen molar-refractivity contribution in [3.8, 4) is 5.75 Å². The normalized spacial score (nSPS) is 10.9. The van der Waals surface area contributed by atoms with Crippen LogP contribution in [0.4, 0.5) is 0 Å². The molecule has 2 aromatic heterocycles. The van der Waals surface area contributed by atoms with E-state index in [1.807, 2.05) is 56.2 Å². The molecule has 6 heteroatoms. The number of carbonyl (C=O) groups is 1. The van der Waals surface area contributed by atoms with Gasteiger partial charge in [0.25, 0.3) is 5.91 Å². The predicted molar refractivity (Wildman–Crippen MR) is 113 cm³/mol. The Morgan fingerprint density at radius 2 is 1.82 bits per heavy atom. The van der Waals surface area contributed by atoms with Crippen LogP contribution >= 0.6 is 11.3 Å². The topological polar surface area (TPSA) is 47.4 Å². The van der Waals surface area contributed by atoms with Crippen LogP contribution in [0.15, 0.2) is 29.6 Å². The van der Waals surface area contributed by atoms with E-state index in [0.717, 1.165) is 33.1 Å². The van der Waals surface area contributed by atoms with Gasteiger partial charge in [-0.25, -0.2) is 0 Å². The van der Waals surface area contributed by atoms with E-state index < -0.39 is 0 Å². The molecule has 0 aliphatic heterocycles. The summed E-state index contributed by atoms with van der Waals surface area (Å²) in [6.45, 7) is 9.13. The third kappa shape index (κ3) is 4.44. The minimum absolute atomic E-state index is 0.0188. The van der Waals surface area contributed by atoms with Crippen molar-refractivity contribution in [3.63, 3.8) is 0 Å². The minimum Gasteiger partial charge on any atom is -0.489 e. The monoisotopic (exact) mass is 397 g/mol. The fourth-order valence-corrected chi connectivity index (χ4v) is 4.18. The van der Waals surface area contributed by atoms with Gasteiger partial charge in [-0.1, -0.05) is 6.07 Å². The van der Waals surface area contributed by atoms with Gasteiger partial charge in [0, 0.05) is 37.5 Å². The Labute approximate surface area is 170 Å². The molecule has 3 rings (SSSR count). The van der Waals surface area contributed by atoms with Crippen molar-refractivity contribution in [1.29, 1.82) is 0 Å². The van der Waals surface area contributed by atoms with Gasteiger partial charge >= 0.3 is 0 Å². The molecule has 148 valence electrons. The number of hydrogen-bond acceptors (Lipinski definition) is 4. The van der Waals surface area contributed by atoms with E-state index in [-0.39, 0.29) is 5.91 Å². The van der Waals surface area contributed by atoms with Crippen molar-refractivity contribution in [2.24, 2.45) is 7.05 Å². The molecule has 0 radical (unpaired) electrons. The fraction of sp³-hybridized carbons (Fsp3) is 0.364. The molecule has 0 bridgehead atoms. The lowest BCUT2D eigenvalue weighted by Gasteiger charge is -2.16. The number of ether oxygens (including phenoxy) is 1. The molecule has 1 amide bonds. The van der Waals surface area contributed by atoms with E-state index in [4.69, 9.17) is 4.74 Å². The lowest BCUT2D eigenvalue weighted by Crippen LogP contribution is -2.26. The van der Waals surface area contributed by atoms with Crippen molar-refractivity contribution in [3.05, 3.63) is 68.2 Å². The van der Waals surface area contributed by atoms with Gasteiger partial charge in [-0.05, 0) is 62.4 Å². The van der Waals surface area contributed by atoms with Crippen molar-refractivity contribution in [1.82, 2.24) is 14.7 Å². The maximum absolute atomic E-state index is 12.8. The number of nitrogens with zero attached hydrogens (tertiary/aromatic N) is 3. The molecular formula is C22H27N3O2S. The Morgan fingerprint density at radius 3 is 2.43 bits per heavy atom. The molecule has 0 spiro atoms. The molecular weight excluding hydrogens is 370 g/mol. The lowest BCUT2D eigenvalue weighted by atomic mass is 10.1. The molecule has 0 aliphatic rings. The molecule has 1 aromatic carbocycles. The van der Waals surface area contributed by atoms with Gasteiger partial charge in [-0.3, -0.25) is 9.48 Å². The third-order valence-corrected chi connectivity index (χ3v) is 5.83. The van der Waals surface area contributed by atoms with Crippen LogP contribution in [-0.4, -0.2) is 27.6 Å². The van der Waals surface area contributed by atoms with Crippen LogP contribution in [0.25, 0.3) is 0 Å². The molecule has 0 atom stereocenters. The van der Waals surface area contributed by atoms with E-state index in [0.29, 0.717) is 13.2 Å². The Morgan fingerprint density at radius 1 is 1.14 bits per heavy atom. The number of hydrogen-bond donors (Lipinski definition) is 0. The number of benzene rings is 1. The lowest BCUT2D eigenvalue weighted by molar-refractivity contribution is 0.0789. The second-order valence-electron chi connectivity index (χ2n) is 7.37. The van der Waals surface area contributed by atoms with Crippen LogP contribution < -0.4 is 4.74 Å². The average Bonchev–Trinajstić information content (AvgIpc) is 3.19. The highest BCUT2D eigenvalue weighted by Crippen LogP contribution is 2.22. The average molecular weight is 398 g/mol. The van der Waals surface area contributed by atoms with Crippen LogP contribution in [0.2, 0.25) is 0 Å². The van der Waals surface area contributed by atoms with Gasteiger partial charge in [0.15, 0.2) is 0 Å². The summed E-state index contributed by atoms with van der Waals surface area (Å²) in [5.74, 6) is 0.876. The van der Waals surface area contributed by atoms with Gasteiger partial charge in [-0.15, -0.1) is 11.3 Å². The van der Waals surface area contributed by atoms with Gasteiger partial charge < -0.3 is 9.64 Å². The van der Waals surface area contributed by atoms with Crippen LogP contribution in [0.5, 0.6) is 5.75 Å². The predicted octanol–water partition coefficient (Wildman–Crippen LogP) is 4.57. The van der Waals surface area contributed by atoms with Crippen molar-refractivity contribution < 1.29 is 9.53 Å². The fourth-order valence-electron chi connectivity index (χ4n) is 3.29. The maximum Gasteiger partial charge on any atom is 0.263 e. The zero-order chi connectivity index (χ0) is 20.4. The first kappa shape index (κ1) is 20.1. The van der Waals surface area contributed by atoms with Crippen molar-refractivity contribution in [2.75, 3.05) is 7.05 Å². The van der Waals surface area contributed by atoms with Gasteiger partial charge in [0.05, 0.1) is 10.6 Å². The Kier molecular flexibility index (Phi) is 5.89. The zero-order valence-electron chi connectivity index (χ0n) is 17.4. The summed E-state index contributed by atoms with van der Waals surface area (Å²) in [5, 5.41) is 6.42. The number of aromatic nitrogens is 2. The van der Waals surface area contributed by atoms with E-state index >= 15 is 0 Å². The summed E-state index contributed by atoms with van der Waals surface area (Å²) in [4.78, 5) is 15.3. The SMILES string of the molecule is Cc1cc(C)cc(OCc2csc(C(=O)N(C)Cc3c(C)nn(C)c3C)c2)c1. The third-order valence-electron chi connectivity index (χ3n) is 4.87. The number of amides is 1. The second-order valence-corrected chi connectivity index (χ2v) is 8.28. The highest BCUT2D eigenvalue weighted by atomic mass is 32.1. The Balaban J connectivity index is 1.64. The van der Waals surface area contributed by atoms with Crippen LogP contribution in [0, 0.1) is 27.7 Å². The quantitative estimate of drug-likeness (QED) is 0.612. The molecule has 0 saturated heterocycles. The minimum atomic E-state index is 0.0188. The summed E-state index contributed by atoms with van der Waals surface area (Å²) in [6.07, 6.45) is 0. The first-order chi connectivity index (χ1) is 13.2. The Hall–Kier alpha value is -2.60. The number of thiophene rings is 1. The second kappa shape index (κ2) is 8.19. The van der Waals surface area contributed by atoms with Gasteiger partial charge in [0.1, 0.15) is 12.4 Å². The van der Waals surface area contributed by atoms with E-state index in [9.17, 15) is 4.79 Å². The molecule has 2 heterocycles. The standard InChI is InChI=1S/C22H27N3O2S/c1-14-7-15(2)9-19(8-14)27-12-18-10-21(28-13-18)22(26)24(5)11-20-16(3)23-25(6)17(20)4/h7-10,13H,11-12H2,1-6H3. The highest BCUT2D eigenvalue weighted by molar-refractivity contribution is 7.12. The largest absolute Gasteiger partial charge is 0.489 e. The summed E-state index contributed by atoms with van der Waals surface area (Å²) in [7, 11) is 3.76. The molecule has 28 heavy (non-hydrogen) atoms. The van der Waals surface area contributed by atoms with E-state index in [2.05, 4.69) is 25.0 Å². The molecule has 3 aromatic rings. The summed E-state index contributed by atoms with van der Waals surface area (Å²) in [6, 6.07) is 8.10. The number of rotatable bonds is 6. The van der Waals surface area contributed by atoms with Crippen molar-refractivity contribution in [2.45, 2.75) is 40.8 Å². The number of carbonyl (C=O) groups excluding carboxylic acids is 1. The van der Waals surface area contributed by atoms with E-state index in [1.54, 1.807) is 4.90 Å². The van der Waals surface area contributed by atoms with Gasteiger partial charge in [0.2, 0.25) is 0 Å². The van der Waals surface area contributed by atoms with E-state index in [1.165, 1.54) is 22.5 Å². The first-order valence-corrected chi connectivity index (χ1v) is 10.2. The van der Waals surface area contributed by atoms with Crippen LogP contribution in [0.1, 0.15) is 43.3 Å². The number of aryl methyl sites for hydroxylation is 4. The van der Waals surface area contributed by atoms with Crippen molar-refractivity contribution >= 4 is 17.2 Å². The molecule has 0 unspecified atom stereocenters. The maximum atomic E-state index is 12.8. The zero-order valence-corrected chi connectivity index (χ0v) is 18.2. The molecule has 0 saturated carbocycles. The molecule has 0 N–H and O–H groups in total. The Bertz CT molecular complexity index is 983. The highest BCUT2D eigenvalue weighted by Gasteiger charge is 2.18. The summed E-state index contributed by atoms with van der Waals surface area (Å²) >= 11 is 1.46. The van der Waals surface area contributed by atoms with Crippen LogP contribution in [-0.2, 0) is 20.2 Å². The van der Waals surface area contributed by atoms with Gasteiger partial charge in [-0.2, -0.15) is 5.10 Å². The molecule has 0 fully saturated rings. The molecule has 0 aliphatic carbocycles.